The van der Waals surface area contributed by atoms with Crippen molar-refractivity contribution < 1.29 is 13.2 Å². The molecule has 0 bridgehead atoms. The molecule has 1 aromatic heterocycles. The van der Waals surface area contributed by atoms with E-state index in [9.17, 15) is 13.2 Å². The molecule has 0 aliphatic carbocycles. The molecule has 4 aromatic rings. The number of hydrogen-bond acceptors (Lipinski definition) is 4. The Morgan fingerprint density at radius 3 is 2.42 bits per heavy atom. The molecule has 3 aromatic carbocycles. The molecule has 1 amide bonds. The van der Waals surface area contributed by atoms with E-state index in [0.717, 1.165) is 16.7 Å². The molecular weight excluding hydrogens is 412 g/mol. The summed E-state index contributed by atoms with van der Waals surface area (Å²) in [6.45, 7) is -0.102. The molecule has 0 radical (unpaired) electrons. The van der Waals surface area contributed by atoms with Crippen molar-refractivity contribution in [2.24, 2.45) is 0 Å². The fourth-order valence-corrected chi connectivity index (χ4v) is 4.01. The Hall–Kier alpha value is -3.93. The third kappa shape index (κ3) is 4.33. The second-order valence-electron chi connectivity index (χ2n) is 6.66. The summed E-state index contributed by atoms with van der Waals surface area (Å²) in [6, 6.07) is 20.8. The number of amides is 1. The summed E-state index contributed by atoms with van der Waals surface area (Å²) in [5.74, 6) is 1.87. The first-order valence-corrected chi connectivity index (χ1v) is 10.8. The van der Waals surface area contributed by atoms with Crippen LogP contribution in [0.3, 0.4) is 0 Å². The van der Waals surface area contributed by atoms with Crippen LogP contribution in [0, 0.1) is 12.3 Å². The van der Waals surface area contributed by atoms with Gasteiger partial charge in [0, 0.05) is 16.9 Å². The van der Waals surface area contributed by atoms with Gasteiger partial charge in [-0.25, -0.2) is 13.4 Å². The van der Waals surface area contributed by atoms with Crippen LogP contribution in [0.2, 0.25) is 0 Å². The Bertz CT molecular complexity index is 1380. The lowest BCUT2D eigenvalue weighted by atomic mass is 10.2. The predicted molar refractivity (Wildman–Crippen MR) is 119 cm³/mol. The van der Waals surface area contributed by atoms with Gasteiger partial charge < -0.3 is 5.32 Å². The molecule has 2 N–H and O–H groups in total. The van der Waals surface area contributed by atoms with Gasteiger partial charge in [0.2, 0.25) is 10.0 Å². The first kappa shape index (κ1) is 20.3. The van der Waals surface area contributed by atoms with E-state index in [2.05, 4.69) is 20.9 Å². The Balaban J connectivity index is 1.47. The maximum absolute atomic E-state index is 12.5. The number of hydrogen-bond donors (Lipinski definition) is 2. The topological polar surface area (TPSA) is 93.1 Å². The number of carbonyl (C=O) groups is 1. The van der Waals surface area contributed by atoms with Gasteiger partial charge >= 0.3 is 0 Å². The van der Waals surface area contributed by atoms with Crippen molar-refractivity contribution in [3.63, 3.8) is 0 Å². The fraction of sp³-hybridized carbons (Fsp3) is 0.0435. The molecule has 1 heterocycles. The van der Waals surface area contributed by atoms with Crippen molar-refractivity contribution >= 4 is 32.7 Å². The van der Waals surface area contributed by atoms with Crippen molar-refractivity contribution in [3.05, 3.63) is 84.7 Å². The molecule has 7 nitrogen and oxygen atoms in total. The maximum Gasteiger partial charge on any atom is 0.255 e. The molecule has 0 aliphatic rings. The molecule has 0 fully saturated rings. The first-order chi connectivity index (χ1) is 15.0. The highest BCUT2D eigenvalue weighted by Gasteiger charge is 2.14. The molecule has 0 unspecified atom stereocenters. The Kier molecular flexibility index (Phi) is 5.54. The highest BCUT2D eigenvalue weighted by molar-refractivity contribution is 7.89. The summed E-state index contributed by atoms with van der Waals surface area (Å²) in [7, 11) is -3.70. The summed E-state index contributed by atoms with van der Waals surface area (Å²) in [5, 5.41) is 2.80. The number of aromatic nitrogens is 2. The van der Waals surface area contributed by atoms with Crippen LogP contribution in [0.5, 0.6) is 0 Å². The van der Waals surface area contributed by atoms with Crippen LogP contribution < -0.4 is 10.0 Å². The van der Waals surface area contributed by atoms with E-state index in [1.54, 1.807) is 18.5 Å². The van der Waals surface area contributed by atoms with Crippen LogP contribution >= 0.6 is 0 Å². The minimum atomic E-state index is -3.70. The quantitative estimate of drug-likeness (QED) is 0.460. The van der Waals surface area contributed by atoms with Crippen LogP contribution in [0.4, 0.5) is 5.69 Å². The van der Waals surface area contributed by atoms with E-state index in [1.165, 1.54) is 24.3 Å². The van der Waals surface area contributed by atoms with Crippen molar-refractivity contribution in [2.75, 3.05) is 11.9 Å². The lowest BCUT2D eigenvalue weighted by Crippen LogP contribution is -2.24. The number of benzene rings is 3. The molecule has 0 aliphatic heterocycles. The zero-order valence-electron chi connectivity index (χ0n) is 16.3. The maximum atomic E-state index is 12.5. The van der Waals surface area contributed by atoms with Crippen LogP contribution in [0.25, 0.3) is 16.7 Å². The van der Waals surface area contributed by atoms with Gasteiger partial charge in [-0.05, 0) is 60.7 Å². The van der Waals surface area contributed by atoms with Crippen molar-refractivity contribution in [1.29, 1.82) is 0 Å². The van der Waals surface area contributed by atoms with Gasteiger partial charge in [0.1, 0.15) is 6.33 Å². The number of carbonyl (C=O) groups excluding carboxylic acids is 1. The summed E-state index contributed by atoms with van der Waals surface area (Å²) in [4.78, 5) is 16.9. The van der Waals surface area contributed by atoms with Crippen molar-refractivity contribution in [3.8, 4) is 18.0 Å². The number of terminal acetylenes is 1. The largest absolute Gasteiger partial charge is 0.322 e. The van der Waals surface area contributed by atoms with Crippen LogP contribution in [0.1, 0.15) is 10.4 Å². The van der Waals surface area contributed by atoms with E-state index in [-0.39, 0.29) is 17.3 Å². The highest BCUT2D eigenvalue weighted by atomic mass is 32.2. The van der Waals surface area contributed by atoms with E-state index >= 15 is 0 Å². The molecule has 0 atom stereocenters. The Morgan fingerprint density at radius 2 is 1.71 bits per heavy atom. The summed E-state index contributed by atoms with van der Waals surface area (Å²) in [5.41, 5.74) is 3.76. The summed E-state index contributed by atoms with van der Waals surface area (Å²) in [6.07, 6.45) is 6.83. The Morgan fingerprint density at radius 1 is 1.00 bits per heavy atom. The van der Waals surface area contributed by atoms with Gasteiger partial charge in [0.05, 0.1) is 22.5 Å². The van der Waals surface area contributed by atoms with Gasteiger partial charge in [0.15, 0.2) is 0 Å². The number of nitrogens with one attached hydrogen (secondary N) is 2. The molecule has 0 saturated heterocycles. The predicted octanol–water partition coefficient (Wildman–Crippen LogP) is 3.19. The van der Waals surface area contributed by atoms with Gasteiger partial charge in [-0.3, -0.25) is 9.36 Å². The van der Waals surface area contributed by atoms with Crippen molar-refractivity contribution in [2.45, 2.75) is 4.90 Å². The normalized spacial score (nSPS) is 11.2. The van der Waals surface area contributed by atoms with Gasteiger partial charge in [0.25, 0.3) is 5.91 Å². The number of imidazole rings is 1. The van der Waals surface area contributed by atoms with E-state index in [1.807, 2.05) is 41.0 Å². The van der Waals surface area contributed by atoms with Crippen molar-refractivity contribution in [1.82, 2.24) is 14.3 Å². The molecule has 31 heavy (non-hydrogen) atoms. The molecule has 4 rings (SSSR count). The summed E-state index contributed by atoms with van der Waals surface area (Å²) >= 11 is 0. The number of sulfonamides is 1. The monoisotopic (exact) mass is 430 g/mol. The van der Waals surface area contributed by atoms with Gasteiger partial charge in [-0.1, -0.05) is 18.1 Å². The smallest absolute Gasteiger partial charge is 0.255 e. The number of para-hydroxylation sites is 2. The van der Waals surface area contributed by atoms with E-state index in [0.29, 0.717) is 11.3 Å². The zero-order chi connectivity index (χ0) is 21.8. The van der Waals surface area contributed by atoms with Gasteiger partial charge in [-0.15, -0.1) is 6.42 Å². The molecule has 154 valence electrons. The molecule has 8 heteroatoms. The average Bonchev–Trinajstić information content (AvgIpc) is 3.22. The number of fused-ring (bicyclic) bond motifs is 1. The van der Waals surface area contributed by atoms with Crippen LogP contribution in [-0.2, 0) is 10.0 Å². The second-order valence-corrected chi connectivity index (χ2v) is 8.42. The average molecular weight is 430 g/mol. The standard InChI is InChI=1S/C23H18N4O3S/c1-2-15-25-31(29,30)20-13-7-17(8-14-20)23(28)26-18-9-11-19(12-10-18)27-16-24-21-5-3-4-6-22(21)27/h1,3-14,16,25H,15H2,(H,26,28). The number of nitrogens with zero attached hydrogens (tertiary/aromatic N) is 2. The minimum absolute atomic E-state index is 0.0382. The lowest BCUT2D eigenvalue weighted by Gasteiger charge is -2.09. The highest BCUT2D eigenvalue weighted by Crippen LogP contribution is 2.20. The fourth-order valence-electron chi connectivity index (χ4n) is 3.08. The number of anilines is 1. The summed E-state index contributed by atoms with van der Waals surface area (Å²) < 4.78 is 28.4. The second kappa shape index (κ2) is 8.44. The van der Waals surface area contributed by atoms with E-state index in [4.69, 9.17) is 6.42 Å². The molecular formula is C23H18N4O3S. The molecule has 0 saturated carbocycles. The van der Waals surface area contributed by atoms with E-state index < -0.39 is 10.0 Å². The van der Waals surface area contributed by atoms with Crippen LogP contribution in [0.15, 0.2) is 84.0 Å². The Labute approximate surface area is 179 Å². The van der Waals surface area contributed by atoms with Crippen LogP contribution in [-0.4, -0.2) is 30.4 Å². The molecule has 0 spiro atoms. The first-order valence-electron chi connectivity index (χ1n) is 9.35. The third-order valence-corrected chi connectivity index (χ3v) is 6.07. The minimum Gasteiger partial charge on any atom is -0.322 e. The number of rotatable bonds is 6. The SMILES string of the molecule is C#CCNS(=O)(=O)c1ccc(C(=O)Nc2ccc(-n3cnc4ccccc43)cc2)cc1. The lowest BCUT2D eigenvalue weighted by molar-refractivity contribution is 0.102. The zero-order valence-corrected chi connectivity index (χ0v) is 17.1. The third-order valence-electron chi connectivity index (χ3n) is 4.65. The van der Waals surface area contributed by atoms with Gasteiger partial charge in [-0.2, -0.15) is 4.72 Å².